The highest BCUT2D eigenvalue weighted by Gasteiger charge is 2.26. The molecule has 3 nitrogen and oxygen atoms in total. The zero-order valence-electron chi connectivity index (χ0n) is 11.8. The Balaban J connectivity index is 1.77. The molecule has 2 atom stereocenters. The molecular weight excluding hydrogens is 250 g/mol. The number of nitrogens with one attached hydrogen (secondary N) is 1. The highest BCUT2D eigenvalue weighted by Crippen LogP contribution is 2.23. The van der Waals surface area contributed by atoms with Crippen molar-refractivity contribution in [3.05, 3.63) is 42.5 Å². The van der Waals surface area contributed by atoms with E-state index in [1.165, 1.54) is 10.8 Å². The van der Waals surface area contributed by atoms with Crippen molar-refractivity contribution in [2.75, 3.05) is 19.8 Å². The molecule has 2 aromatic rings. The van der Waals surface area contributed by atoms with E-state index in [-0.39, 0.29) is 6.10 Å². The Morgan fingerprint density at radius 1 is 1.20 bits per heavy atom. The number of hydrogen-bond acceptors (Lipinski definition) is 3. The molecule has 1 N–H and O–H groups in total. The van der Waals surface area contributed by atoms with E-state index in [1.807, 2.05) is 6.07 Å². The van der Waals surface area contributed by atoms with Gasteiger partial charge in [0.1, 0.15) is 11.9 Å². The van der Waals surface area contributed by atoms with Crippen LogP contribution in [0, 0.1) is 0 Å². The number of rotatable bonds is 4. The summed E-state index contributed by atoms with van der Waals surface area (Å²) in [6.45, 7) is 4.56. The van der Waals surface area contributed by atoms with Gasteiger partial charge in [-0.25, -0.2) is 0 Å². The molecule has 1 aliphatic rings. The van der Waals surface area contributed by atoms with E-state index in [4.69, 9.17) is 9.47 Å². The monoisotopic (exact) mass is 271 g/mol. The maximum absolute atomic E-state index is 6.14. The average Bonchev–Trinajstić information content (AvgIpc) is 2.49. The van der Waals surface area contributed by atoms with Crippen molar-refractivity contribution in [2.45, 2.75) is 25.5 Å². The number of ether oxygens (including phenoxy) is 2. The van der Waals surface area contributed by atoms with Crippen LogP contribution >= 0.6 is 0 Å². The third-order valence-corrected chi connectivity index (χ3v) is 3.78. The molecule has 1 fully saturated rings. The first-order valence-electron chi connectivity index (χ1n) is 7.33. The van der Waals surface area contributed by atoms with E-state index >= 15 is 0 Å². The molecule has 20 heavy (non-hydrogen) atoms. The van der Waals surface area contributed by atoms with Crippen LogP contribution in [0.15, 0.2) is 42.5 Å². The Labute approximate surface area is 119 Å². The van der Waals surface area contributed by atoms with Gasteiger partial charge in [-0.05, 0) is 35.9 Å². The Hall–Kier alpha value is -1.58. The van der Waals surface area contributed by atoms with Crippen LogP contribution in [0.1, 0.15) is 13.3 Å². The van der Waals surface area contributed by atoms with Gasteiger partial charge in [0.2, 0.25) is 0 Å². The van der Waals surface area contributed by atoms with Crippen LogP contribution in [0.5, 0.6) is 5.75 Å². The van der Waals surface area contributed by atoms with E-state index in [1.54, 1.807) is 0 Å². The summed E-state index contributed by atoms with van der Waals surface area (Å²) < 4.78 is 11.7. The number of hydrogen-bond donors (Lipinski definition) is 1. The van der Waals surface area contributed by atoms with E-state index in [9.17, 15) is 0 Å². The molecule has 3 rings (SSSR count). The normalized spacial score (nSPS) is 22.9. The van der Waals surface area contributed by atoms with Gasteiger partial charge in [0.25, 0.3) is 0 Å². The largest absolute Gasteiger partial charge is 0.486 e. The molecule has 3 heteroatoms. The summed E-state index contributed by atoms with van der Waals surface area (Å²) in [5.41, 5.74) is 0. The van der Waals surface area contributed by atoms with Gasteiger partial charge in [-0.1, -0.05) is 37.3 Å². The lowest BCUT2D eigenvalue weighted by Gasteiger charge is -2.32. The molecule has 1 saturated heterocycles. The van der Waals surface area contributed by atoms with Crippen LogP contribution in [0.25, 0.3) is 10.8 Å². The molecule has 0 bridgehead atoms. The van der Waals surface area contributed by atoms with E-state index in [2.05, 4.69) is 48.6 Å². The van der Waals surface area contributed by atoms with Crippen LogP contribution in [-0.4, -0.2) is 31.9 Å². The molecule has 106 valence electrons. The highest BCUT2D eigenvalue weighted by molar-refractivity contribution is 5.83. The van der Waals surface area contributed by atoms with Gasteiger partial charge >= 0.3 is 0 Å². The zero-order chi connectivity index (χ0) is 13.8. The number of likely N-dealkylation sites (N-methyl/N-ethyl adjacent to an activating group) is 1. The molecule has 0 aliphatic carbocycles. The maximum Gasteiger partial charge on any atom is 0.137 e. The topological polar surface area (TPSA) is 30.5 Å². The van der Waals surface area contributed by atoms with Gasteiger partial charge < -0.3 is 14.8 Å². The minimum absolute atomic E-state index is 0.0878. The molecule has 0 radical (unpaired) electrons. The Morgan fingerprint density at radius 2 is 2.05 bits per heavy atom. The van der Waals surface area contributed by atoms with Crippen molar-refractivity contribution >= 4 is 10.8 Å². The lowest BCUT2D eigenvalue weighted by Crippen LogP contribution is -2.49. The highest BCUT2D eigenvalue weighted by atomic mass is 16.5. The molecular formula is C17H21NO2. The first-order valence-corrected chi connectivity index (χ1v) is 7.33. The minimum atomic E-state index is 0.0878. The molecule has 0 spiro atoms. The molecule has 1 aliphatic heterocycles. The maximum atomic E-state index is 6.14. The van der Waals surface area contributed by atoms with Crippen LogP contribution in [-0.2, 0) is 4.74 Å². The molecule has 0 amide bonds. The van der Waals surface area contributed by atoms with Gasteiger partial charge in [0, 0.05) is 12.6 Å². The van der Waals surface area contributed by atoms with Gasteiger partial charge in [-0.3, -0.25) is 0 Å². The van der Waals surface area contributed by atoms with Crippen molar-refractivity contribution in [3.8, 4) is 5.75 Å². The van der Waals surface area contributed by atoms with E-state index in [0.717, 1.165) is 25.3 Å². The van der Waals surface area contributed by atoms with Gasteiger partial charge in [-0.2, -0.15) is 0 Å². The van der Waals surface area contributed by atoms with Crippen molar-refractivity contribution in [1.29, 1.82) is 0 Å². The summed E-state index contributed by atoms with van der Waals surface area (Å²) in [4.78, 5) is 0. The van der Waals surface area contributed by atoms with Crippen LogP contribution < -0.4 is 10.1 Å². The molecule has 1 heterocycles. The summed E-state index contributed by atoms with van der Waals surface area (Å²) >= 11 is 0. The summed E-state index contributed by atoms with van der Waals surface area (Å²) in [5.74, 6) is 0.919. The predicted molar refractivity (Wildman–Crippen MR) is 81.3 cm³/mol. The second-order valence-corrected chi connectivity index (χ2v) is 5.19. The second kappa shape index (κ2) is 6.25. The van der Waals surface area contributed by atoms with Crippen LogP contribution in [0.3, 0.4) is 0 Å². The zero-order valence-corrected chi connectivity index (χ0v) is 11.8. The number of fused-ring (bicyclic) bond motifs is 1. The first kappa shape index (κ1) is 13.4. The fourth-order valence-electron chi connectivity index (χ4n) is 2.74. The quantitative estimate of drug-likeness (QED) is 0.927. The first-order chi connectivity index (χ1) is 9.86. The predicted octanol–water partition coefficient (Wildman–Crippen LogP) is 2.99. The van der Waals surface area contributed by atoms with E-state index < -0.39 is 0 Å². The van der Waals surface area contributed by atoms with Crippen molar-refractivity contribution in [2.24, 2.45) is 0 Å². The van der Waals surface area contributed by atoms with Crippen molar-refractivity contribution in [1.82, 2.24) is 5.32 Å². The number of benzene rings is 2. The fourth-order valence-corrected chi connectivity index (χ4v) is 2.74. The lowest BCUT2D eigenvalue weighted by atomic mass is 10.1. The molecule has 0 aromatic heterocycles. The van der Waals surface area contributed by atoms with Crippen LogP contribution in [0.4, 0.5) is 0 Å². The molecule has 2 unspecified atom stereocenters. The minimum Gasteiger partial charge on any atom is -0.486 e. The molecule has 0 saturated carbocycles. The summed E-state index contributed by atoms with van der Waals surface area (Å²) in [7, 11) is 0. The Kier molecular flexibility index (Phi) is 4.19. The van der Waals surface area contributed by atoms with Crippen LogP contribution in [0.2, 0.25) is 0 Å². The smallest absolute Gasteiger partial charge is 0.137 e. The third kappa shape index (κ3) is 2.94. The van der Waals surface area contributed by atoms with Gasteiger partial charge in [-0.15, -0.1) is 0 Å². The standard InChI is InChI=1S/C17H21NO2/c1-2-18-16-9-10-19-12-17(16)20-15-8-7-13-5-3-4-6-14(13)11-15/h3-8,11,16-18H,2,9-10,12H2,1H3. The third-order valence-electron chi connectivity index (χ3n) is 3.78. The SMILES string of the molecule is CCNC1CCOCC1Oc1ccc2ccccc2c1. The van der Waals surface area contributed by atoms with Gasteiger partial charge in [0.05, 0.1) is 6.61 Å². The lowest BCUT2D eigenvalue weighted by molar-refractivity contribution is -0.0142. The summed E-state index contributed by atoms with van der Waals surface area (Å²) in [6.07, 6.45) is 1.09. The summed E-state index contributed by atoms with van der Waals surface area (Å²) in [5, 5.41) is 5.94. The van der Waals surface area contributed by atoms with E-state index in [0.29, 0.717) is 12.6 Å². The van der Waals surface area contributed by atoms with Gasteiger partial charge in [0.15, 0.2) is 0 Å². The Bertz CT molecular complexity index is 568. The fraction of sp³-hybridized carbons (Fsp3) is 0.412. The van der Waals surface area contributed by atoms with Crippen molar-refractivity contribution in [3.63, 3.8) is 0 Å². The summed E-state index contributed by atoms with van der Waals surface area (Å²) in [6, 6.07) is 15.0. The second-order valence-electron chi connectivity index (χ2n) is 5.19. The Morgan fingerprint density at radius 3 is 2.90 bits per heavy atom. The molecule has 2 aromatic carbocycles. The average molecular weight is 271 g/mol. The van der Waals surface area contributed by atoms with Crippen molar-refractivity contribution < 1.29 is 9.47 Å².